The summed E-state index contributed by atoms with van der Waals surface area (Å²) in [5.41, 5.74) is -1.75. The van der Waals surface area contributed by atoms with Gasteiger partial charge in [0, 0.05) is 29.2 Å². The van der Waals surface area contributed by atoms with Crippen LogP contribution in [0.3, 0.4) is 0 Å². The van der Waals surface area contributed by atoms with Gasteiger partial charge in [-0.2, -0.15) is 0 Å². The van der Waals surface area contributed by atoms with Crippen LogP contribution in [0.25, 0.3) is 0 Å². The third-order valence-electron chi connectivity index (χ3n) is 11.4. The van der Waals surface area contributed by atoms with Crippen LogP contribution in [-0.4, -0.2) is 47.9 Å². The van der Waals surface area contributed by atoms with E-state index in [0.29, 0.717) is 55.8 Å². The third-order valence-corrected chi connectivity index (χ3v) is 11.4. The van der Waals surface area contributed by atoms with Crippen molar-refractivity contribution in [1.82, 2.24) is 10.6 Å². The summed E-state index contributed by atoms with van der Waals surface area (Å²) in [6, 6.07) is -0.0582. The fourth-order valence-corrected chi connectivity index (χ4v) is 8.54. The highest BCUT2D eigenvalue weighted by molar-refractivity contribution is 5.89. The first-order valence-electron chi connectivity index (χ1n) is 16.4. The summed E-state index contributed by atoms with van der Waals surface area (Å²) in [6.07, 6.45) is 6.71. The van der Waals surface area contributed by atoms with E-state index in [-0.39, 0.29) is 29.3 Å². The van der Waals surface area contributed by atoms with Crippen LogP contribution >= 0.6 is 0 Å². The fraction of sp³-hybridized carbons (Fsp3) is 0.824. The van der Waals surface area contributed by atoms with Gasteiger partial charge in [0.2, 0.25) is 0 Å². The number of rotatable bonds is 4. The number of Topliss-reactive ketones (excluding diaryl/α,β-unsaturated/α-hetero) is 1. The molecule has 0 heterocycles. The number of carbonyl (C=O) groups excluding carboxylic acids is 4. The SMILES string of the molecule is C=C[C@]1(C)C[C@@H](OC(=O)NC(=O)OC2CCC(NC(=O)OC(C)(C)C)CC2)[C@]2(C)[C@H](C)CC[C@H]3CCC(C[C@@H]32)[C@@H](C)C1=O. The summed E-state index contributed by atoms with van der Waals surface area (Å²) in [4.78, 5) is 51.9. The molecule has 0 spiro atoms. The largest absolute Gasteiger partial charge is 0.446 e. The molecule has 2 bridgehead atoms. The molecule has 4 saturated carbocycles. The smallest absolute Gasteiger partial charge is 0.416 e. The minimum Gasteiger partial charge on any atom is -0.446 e. The van der Waals surface area contributed by atoms with Crippen LogP contribution in [0.2, 0.25) is 0 Å². The number of hydrogen-bond donors (Lipinski definition) is 2. The number of fused-ring (bicyclic) bond motifs is 1. The maximum absolute atomic E-state index is 13.8. The number of ether oxygens (including phenoxy) is 3. The van der Waals surface area contributed by atoms with Crippen molar-refractivity contribution in [2.24, 2.45) is 40.4 Å². The number of amides is 3. The van der Waals surface area contributed by atoms with Crippen LogP contribution in [0.5, 0.6) is 0 Å². The van der Waals surface area contributed by atoms with Crippen molar-refractivity contribution in [3.8, 4) is 0 Å². The Labute approximate surface area is 257 Å². The Morgan fingerprint density at radius 2 is 1.49 bits per heavy atom. The molecular weight excluding hydrogens is 548 g/mol. The Kier molecular flexibility index (Phi) is 9.92. The first-order valence-corrected chi connectivity index (χ1v) is 16.4. The molecule has 0 aliphatic heterocycles. The molecule has 0 aromatic heterocycles. The maximum Gasteiger partial charge on any atom is 0.416 e. The lowest BCUT2D eigenvalue weighted by atomic mass is 9.50. The highest BCUT2D eigenvalue weighted by atomic mass is 16.6. The molecule has 0 aromatic rings. The Bertz CT molecular complexity index is 1080. The number of carbonyl (C=O) groups is 4. The third kappa shape index (κ3) is 7.39. The van der Waals surface area contributed by atoms with E-state index < -0.39 is 35.4 Å². The second kappa shape index (κ2) is 12.8. The Hall–Kier alpha value is -2.58. The molecule has 4 fully saturated rings. The minimum absolute atomic E-state index is 0.0582. The first kappa shape index (κ1) is 33.3. The van der Waals surface area contributed by atoms with Crippen molar-refractivity contribution < 1.29 is 33.4 Å². The van der Waals surface area contributed by atoms with Gasteiger partial charge in [0.1, 0.15) is 23.6 Å². The van der Waals surface area contributed by atoms with Crippen LogP contribution in [0.15, 0.2) is 12.7 Å². The van der Waals surface area contributed by atoms with E-state index in [2.05, 4.69) is 38.0 Å². The average molecular weight is 603 g/mol. The summed E-state index contributed by atoms with van der Waals surface area (Å²) in [5.74, 6) is 1.57. The number of hydrogen-bond acceptors (Lipinski definition) is 7. The standard InChI is InChI=1S/C34H54N2O7/c1-9-33(7)19-27(34(8)20(2)10-11-22-12-13-23(18-26(22)34)21(3)28(33)37)42-30(39)36-29(38)41-25-16-14-24(15-17-25)35-31(40)43-32(4,5)6/h9,20-27H,1,10-19H2,2-8H3,(H,35,40)(H,36,38,39)/t20-,21-,22+,23?,24?,25?,26+,27-,33-,34-/m1/s1. The molecule has 9 nitrogen and oxygen atoms in total. The molecule has 3 amide bonds. The van der Waals surface area contributed by atoms with Crippen LogP contribution in [0, 0.1) is 40.4 Å². The van der Waals surface area contributed by atoms with Crippen LogP contribution in [0.1, 0.15) is 113 Å². The van der Waals surface area contributed by atoms with E-state index in [1.165, 1.54) is 0 Å². The van der Waals surface area contributed by atoms with Gasteiger partial charge in [0.15, 0.2) is 0 Å². The zero-order valence-electron chi connectivity index (χ0n) is 27.3. The molecule has 8 atom stereocenters. The second-order valence-electron chi connectivity index (χ2n) is 15.3. The van der Waals surface area contributed by atoms with Crippen LogP contribution in [0.4, 0.5) is 14.4 Å². The van der Waals surface area contributed by atoms with Crippen molar-refractivity contribution >= 4 is 24.1 Å². The second-order valence-corrected chi connectivity index (χ2v) is 15.3. The molecule has 0 aromatic carbocycles. The van der Waals surface area contributed by atoms with E-state index in [0.717, 1.165) is 32.1 Å². The van der Waals surface area contributed by atoms with Crippen LogP contribution in [-0.2, 0) is 19.0 Å². The predicted molar refractivity (Wildman–Crippen MR) is 163 cm³/mol. The molecule has 9 heteroatoms. The van der Waals surface area contributed by atoms with E-state index in [1.54, 1.807) is 6.08 Å². The molecule has 4 aliphatic carbocycles. The predicted octanol–water partition coefficient (Wildman–Crippen LogP) is 7.32. The van der Waals surface area contributed by atoms with Crippen molar-refractivity contribution in [3.63, 3.8) is 0 Å². The molecule has 2 N–H and O–H groups in total. The van der Waals surface area contributed by atoms with Gasteiger partial charge in [-0.1, -0.05) is 26.8 Å². The quantitative estimate of drug-likeness (QED) is 0.255. The molecule has 242 valence electrons. The van der Waals surface area contributed by atoms with E-state index in [1.807, 2.05) is 27.7 Å². The molecule has 0 radical (unpaired) electrons. The molecule has 4 rings (SSSR count). The fourth-order valence-electron chi connectivity index (χ4n) is 8.54. The van der Waals surface area contributed by atoms with E-state index in [4.69, 9.17) is 14.2 Å². The zero-order chi connectivity index (χ0) is 31.7. The summed E-state index contributed by atoms with van der Waals surface area (Å²) >= 11 is 0. The lowest BCUT2D eigenvalue weighted by Crippen LogP contribution is -2.54. The number of nitrogens with one attached hydrogen (secondary N) is 2. The Morgan fingerprint density at radius 3 is 2.12 bits per heavy atom. The zero-order valence-corrected chi connectivity index (χ0v) is 27.3. The number of alkyl carbamates (subject to hydrolysis) is 3. The minimum atomic E-state index is -0.843. The van der Waals surface area contributed by atoms with Crippen molar-refractivity contribution in [1.29, 1.82) is 0 Å². The number of allylic oxidation sites excluding steroid dienone is 1. The van der Waals surface area contributed by atoms with E-state index >= 15 is 0 Å². The first-order chi connectivity index (χ1) is 20.1. The van der Waals surface area contributed by atoms with Crippen molar-refractivity contribution in [2.45, 2.75) is 137 Å². The molecule has 4 aliphatic rings. The van der Waals surface area contributed by atoms with Gasteiger partial charge in [-0.15, -0.1) is 6.58 Å². The monoisotopic (exact) mass is 602 g/mol. The molecular formula is C34H54N2O7. The Morgan fingerprint density at radius 1 is 0.884 bits per heavy atom. The van der Waals surface area contributed by atoms with Gasteiger partial charge in [-0.25, -0.2) is 19.7 Å². The van der Waals surface area contributed by atoms with Crippen LogP contribution < -0.4 is 10.6 Å². The summed E-state index contributed by atoms with van der Waals surface area (Å²) in [6.45, 7) is 17.9. The highest BCUT2D eigenvalue weighted by Crippen LogP contribution is 2.60. The Balaban J connectivity index is 1.40. The average Bonchev–Trinajstić information content (AvgIpc) is 2.95. The lowest BCUT2D eigenvalue weighted by Gasteiger charge is -2.56. The van der Waals surface area contributed by atoms with Gasteiger partial charge in [0.25, 0.3) is 0 Å². The highest BCUT2D eigenvalue weighted by Gasteiger charge is 2.58. The number of imide groups is 1. The van der Waals surface area contributed by atoms with Gasteiger partial charge in [-0.3, -0.25) is 4.79 Å². The van der Waals surface area contributed by atoms with Crippen molar-refractivity contribution in [2.75, 3.05) is 0 Å². The van der Waals surface area contributed by atoms with E-state index in [9.17, 15) is 19.2 Å². The number of ketones is 1. The van der Waals surface area contributed by atoms with Gasteiger partial charge in [0.05, 0.1) is 0 Å². The molecule has 43 heavy (non-hydrogen) atoms. The topological polar surface area (TPSA) is 120 Å². The maximum atomic E-state index is 13.8. The lowest BCUT2D eigenvalue weighted by molar-refractivity contribution is -0.133. The summed E-state index contributed by atoms with van der Waals surface area (Å²) < 4.78 is 17.1. The summed E-state index contributed by atoms with van der Waals surface area (Å²) in [7, 11) is 0. The molecule has 0 saturated heterocycles. The van der Waals surface area contributed by atoms with Gasteiger partial charge < -0.3 is 19.5 Å². The van der Waals surface area contributed by atoms with Crippen molar-refractivity contribution in [3.05, 3.63) is 12.7 Å². The van der Waals surface area contributed by atoms with Gasteiger partial charge in [-0.05, 0) is 109 Å². The normalized spacial score (nSPS) is 39.7. The summed E-state index contributed by atoms with van der Waals surface area (Å²) in [5, 5.41) is 5.17. The molecule has 1 unspecified atom stereocenters. The van der Waals surface area contributed by atoms with Gasteiger partial charge >= 0.3 is 18.3 Å².